The number of carbonyl (C=O) groups excluding carboxylic acids is 1. The molecule has 4 rings (SSSR count). The van der Waals surface area contributed by atoms with Crippen molar-refractivity contribution in [3.63, 3.8) is 0 Å². The minimum atomic E-state index is -0.641. The number of methoxy groups -OCH3 is 1. The monoisotopic (exact) mass is 440 g/mol. The van der Waals surface area contributed by atoms with Gasteiger partial charge in [-0.05, 0) is 89.4 Å². The van der Waals surface area contributed by atoms with Crippen molar-refractivity contribution >= 4 is 5.78 Å². The molecule has 4 atom stereocenters. The third kappa shape index (κ3) is 3.41. The zero-order valence-corrected chi connectivity index (χ0v) is 21.9. The Labute approximate surface area is 195 Å². The average molecular weight is 441 g/mol. The second kappa shape index (κ2) is 7.77. The van der Waals surface area contributed by atoms with Gasteiger partial charge in [0.25, 0.3) is 0 Å². The molecule has 0 aromatic rings. The predicted molar refractivity (Wildman–Crippen MR) is 130 cm³/mol. The van der Waals surface area contributed by atoms with Crippen LogP contribution in [0.5, 0.6) is 0 Å². The Morgan fingerprint density at radius 2 is 1.78 bits per heavy atom. The van der Waals surface area contributed by atoms with E-state index < -0.39 is 5.41 Å². The normalized spacial score (nSPS) is 38.0. The van der Waals surface area contributed by atoms with E-state index >= 15 is 0 Å². The minimum Gasteiger partial charge on any atom is -0.500 e. The standard InChI is InChI=1S/C29H44O3/c1-17(2)20-15-29(14-10-11-18(3)12-13-21-22(29)16-27(21,5)6)32-24-19(4)26(31-9)28(7,8)25(30)23(20)24/h11,17,20-22H,10,12-16H2,1-9H3/b18-11+/t20-,21-,22+,29-/m1/s1. The molecule has 1 heterocycles. The zero-order valence-electron chi connectivity index (χ0n) is 21.9. The first kappa shape index (κ1) is 23.6. The number of hydrogen-bond donors (Lipinski definition) is 0. The van der Waals surface area contributed by atoms with Crippen LogP contribution in [-0.2, 0) is 14.3 Å². The molecule has 0 aromatic carbocycles. The molecule has 0 saturated heterocycles. The summed E-state index contributed by atoms with van der Waals surface area (Å²) in [5.41, 5.74) is 3.00. The van der Waals surface area contributed by atoms with Crippen LogP contribution in [0.15, 0.2) is 34.3 Å². The summed E-state index contributed by atoms with van der Waals surface area (Å²) in [6, 6.07) is 0. The van der Waals surface area contributed by atoms with Gasteiger partial charge in [-0.1, -0.05) is 39.3 Å². The van der Waals surface area contributed by atoms with Crippen molar-refractivity contribution in [1.82, 2.24) is 0 Å². The smallest absolute Gasteiger partial charge is 0.175 e. The average Bonchev–Trinajstić information content (AvgIpc) is 2.74. The molecular weight excluding hydrogens is 396 g/mol. The summed E-state index contributed by atoms with van der Waals surface area (Å²) in [5.74, 6) is 3.65. The van der Waals surface area contributed by atoms with E-state index in [1.54, 1.807) is 7.11 Å². The van der Waals surface area contributed by atoms with Crippen molar-refractivity contribution < 1.29 is 14.3 Å². The number of fused-ring (bicyclic) bond motifs is 2. The number of hydrogen-bond acceptors (Lipinski definition) is 3. The molecule has 0 N–H and O–H groups in total. The fourth-order valence-corrected chi connectivity index (χ4v) is 7.48. The highest BCUT2D eigenvalue weighted by atomic mass is 16.5. The van der Waals surface area contributed by atoms with Gasteiger partial charge in [-0.25, -0.2) is 0 Å². The Balaban J connectivity index is 1.86. The molecule has 1 spiro atoms. The summed E-state index contributed by atoms with van der Waals surface area (Å²) in [6.45, 7) is 17.8. The molecule has 3 nitrogen and oxygen atoms in total. The van der Waals surface area contributed by atoms with Crippen LogP contribution in [-0.4, -0.2) is 18.5 Å². The number of carbonyl (C=O) groups is 1. The van der Waals surface area contributed by atoms with Gasteiger partial charge in [-0.3, -0.25) is 4.79 Å². The van der Waals surface area contributed by atoms with Gasteiger partial charge in [-0.2, -0.15) is 0 Å². The Morgan fingerprint density at radius 1 is 1.09 bits per heavy atom. The maximum atomic E-state index is 13.8. The Morgan fingerprint density at radius 3 is 2.38 bits per heavy atom. The van der Waals surface area contributed by atoms with E-state index in [-0.39, 0.29) is 17.3 Å². The van der Waals surface area contributed by atoms with Crippen molar-refractivity contribution in [3.8, 4) is 0 Å². The lowest BCUT2D eigenvalue weighted by atomic mass is 9.47. The van der Waals surface area contributed by atoms with Crippen molar-refractivity contribution in [2.75, 3.05) is 7.11 Å². The van der Waals surface area contributed by atoms with E-state index in [4.69, 9.17) is 9.47 Å². The fourth-order valence-electron chi connectivity index (χ4n) is 7.48. The van der Waals surface area contributed by atoms with Crippen LogP contribution in [0, 0.1) is 34.5 Å². The first-order chi connectivity index (χ1) is 14.9. The fraction of sp³-hybridized carbons (Fsp3) is 0.759. The van der Waals surface area contributed by atoms with E-state index in [9.17, 15) is 4.79 Å². The van der Waals surface area contributed by atoms with Crippen molar-refractivity contribution in [1.29, 1.82) is 0 Å². The van der Waals surface area contributed by atoms with E-state index in [0.29, 0.717) is 23.2 Å². The van der Waals surface area contributed by atoms with E-state index in [1.807, 2.05) is 13.8 Å². The molecule has 1 fully saturated rings. The number of allylic oxidation sites excluding steroid dienone is 5. The molecule has 3 aliphatic carbocycles. The summed E-state index contributed by atoms with van der Waals surface area (Å²) in [4.78, 5) is 13.8. The zero-order chi connectivity index (χ0) is 23.6. The van der Waals surface area contributed by atoms with Crippen LogP contribution >= 0.6 is 0 Å². The van der Waals surface area contributed by atoms with E-state index in [0.717, 1.165) is 41.9 Å². The van der Waals surface area contributed by atoms with Gasteiger partial charge >= 0.3 is 0 Å². The first-order valence-corrected chi connectivity index (χ1v) is 12.7. The molecule has 0 bridgehead atoms. The molecule has 1 aliphatic heterocycles. The van der Waals surface area contributed by atoms with Crippen LogP contribution < -0.4 is 0 Å². The number of ether oxygens (including phenoxy) is 2. The SMILES string of the molecule is COC1=C(C)C2=C(C(=O)C1(C)C)[C@@H](C(C)C)C[C@@]1(CC/C=C(\C)CC[C@@H]3[C@@H]1CC3(C)C)O2. The number of ketones is 1. The number of Topliss-reactive ketones (excluding diaryl/α,β-unsaturated/α-hetero) is 1. The maximum absolute atomic E-state index is 13.8. The molecule has 0 aromatic heterocycles. The van der Waals surface area contributed by atoms with Gasteiger partial charge in [0, 0.05) is 17.1 Å². The van der Waals surface area contributed by atoms with E-state index in [1.165, 1.54) is 24.8 Å². The second-order valence-electron chi connectivity index (χ2n) is 12.6. The molecular formula is C29H44O3. The van der Waals surface area contributed by atoms with Crippen molar-refractivity contribution in [2.24, 2.45) is 34.5 Å². The van der Waals surface area contributed by atoms with Gasteiger partial charge in [0.1, 0.15) is 17.1 Å². The van der Waals surface area contributed by atoms with Crippen LogP contribution in [0.1, 0.15) is 93.9 Å². The lowest BCUT2D eigenvalue weighted by Gasteiger charge is -2.61. The summed E-state index contributed by atoms with van der Waals surface area (Å²) in [5, 5.41) is 0. The summed E-state index contributed by atoms with van der Waals surface area (Å²) >= 11 is 0. The quantitative estimate of drug-likeness (QED) is 0.420. The molecule has 0 radical (unpaired) electrons. The predicted octanol–water partition coefficient (Wildman–Crippen LogP) is 7.38. The van der Waals surface area contributed by atoms with Gasteiger partial charge < -0.3 is 9.47 Å². The highest BCUT2D eigenvalue weighted by Gasteiger charge is 2.61. The Hall–Kier alpha value is -1.51. The molecule has 0 unspecified atom stereocenters. The van der Waals surface area contributed by atoms with Gasteiger partial charge in [0.15, 0.2) is 5.78 Å². The molecule has 3 heteroatoms. The summed E-state index contributed by atoms with van der Waals surface area (Å²) in [6.07, 6.45) is 9.15. The second-order valence-corrected chi connectivity index (χ2v) is 12.6. The van der Waals surface area contributed by atoms with Crippen molar-refractivity contribution in [2.45, 2.75) is 99.5 Å². The Bertz CT molecular complexity index is 897. The highest BCUT2D eigenvalue weighted by Crippen LogP contribution is 2.63. The van der Waals surface area contributed by atoms with Gasteiger partial charge in [0.2, 0.25) is 0 Å². The lowest BCUT2D eigenvalue weighted by molar-refractivity contribution is -0.179. The van der Waals surface area contributed by atoms with Crippen molar-refractivity contribution in [3.05, 3.63) is 34.3 Å². The lowest BCUT2D eigenvalue weighted by Crippen LogP contribution is -2.59. The third-order valence-electron chi connectivity index (χ3n) is 9.38. The third-order valence-corrected chi connectivity index (χ3v) is 9.38. The van der Waals surface area contributed by atoms with Crippen LogP contribution in [0.25, 0.3) is 0 Å². The van der Waals surface area contributed by atoms with E-state index in [2.05, 4.69) is 47.6 Å². The van der Waals surface area contributed by atoms with Crippen LogP contribution in [0.4, 0.5) is 0 Å². The highest BCUT2D eigenvalue weighted by molar-refractivity contribution is 6.04. The van der Waals surface area contributed by atoms with Gasteiger partial charge in [-0.15, -0.1) is 0 Å². The summed E-state index contributed by atoms with van der Waals surface area (Å²) in [7, 11) is 1.69. The van der Waals surface area contributed by atoms with Gasteiger partial charge in [0.05, 0.1) is 12.5 Å². The number of rotatable bonds is 2. The topological polar surface area (TPSA) is 35.5 Å². The molecule has 32 heavy (non-hydrogen) atoms. The maximum Gasteiger partial charge on any atom is 0.175 e. The molecule has 0 amide bonds. The Kier molecular flexibility index (Phi) is 5.74. The molecule has 4 aliphatic rings. The first-order valence-electron chi connectivity index (χ1n) is 12.7. The van der Waals surface area contributed by atoms with Crippen LogP contribution in [0.2, 0.25) is 0 Å². The van der Waals surface area contributed by atoms with Crippen LogP contribution in [0.3, 0.4) is 0 Å². The largest absolute Gasteiger partial charge is 0.500 e. The summed E-state index contributed by atoms with van der Waals surface area (Å²) < 4.78 is 13.0. The molecule has 1 saturated carbocycles. The minimum absolute atomic E-state index is 0.188. The molecule has 178 valence electrons.